The molecule has 1 aromatic heterocycles. The van der Waals surface area contributed by atoms with Gasteiger partial charge in [-0.3, -0.25) is 4.79 Å². The smallest absolute Gasteiger partial charge is 0.270 e. The van der Waals surface area contributed by atoms with Gasteiger partial charge in [0.15, 0.2) is 0 Å². The van der Waals surface area contributed by atoms with Crippen molar-refractivity contribution in [1.29, 1.82) is 0 Å². The molecule has 1 spiro atoms. The number of amides is 1. The molecule has 2 aliphatic rings. The lowest BCUT2D eigenvalue weighted by Gasteiger charge is -2.49. The molecule has 128 valence electrons. The molecule has 3 heterocycles. The number of ether oxygens (including phenoxy) is 1. The van der Waals surface area contributed by atoms with Crippen LogP contribution in [-0.4, -0.2) is 61.2 Å². The first kappa shape index (κ1) is 16.8. The van der Waals surface area contributed by atoms with Crippen LogP contribution < -0.4 is 5.32 Å². The number of carbonyl (C=O) groups is 1. The van der Waals surface area contributed by atoms with Gasteiger partial charge in [0.1, 0.15) is 5.69 Å². The normalized spacial score (nSPS) is 23.8. The highest BCUT2D eigenvalue weighted by Gasteiger charge is 2.55. The molecular formula is C14H21N3O4S2. The van der Waals surface area contributed by atoms with E-state index in [0.29, 0.717) is 31.9 Å². The number of rotatable bonds is 6. The Morgan fingerprint density at radius 3 is 3.00 bits per heavy atom. The van der Waals surface area contributed by atoms with Crippen LogP contribution in [0.2, 0.25) is 0 Å². The molecule has 1 atom stereocenters. The van der Waals surface area contributed by atoms with Crippen molar-refractivity contribution in [1.82, 2.24) is 14.6 Å². The summed E-state index contributed by atoms with van der Waals surface area (Å²) >= 11 is 1.39. The van der Waals surface area contributed by atoms with E-state index in [1.807, 2.05) is 0 Å². The van der Waals surface area contributed by atoms with Crippen LogP contribution in [0.15, 0.2) is 10.9 Å². The summed E-state index contributed by atoms with van der Waals surface area (Å²) in [6.45, 7) is 3.74. The van der Waals surface area contributed by atoms with E-state index >= 15 is 0 Å². The number of hydrogen-bond acceptors (Lipinski definition) is 6. The Balaban J connectivity index is 1.50. The number of nitrogens with zero attached hydrogens (tertiary/aromatic N) is 2. The highest BCUT2D eigenvalue weighted by Crippen LogP contribution is 2.42. The quantitative estimate of drug-likeness (QED) is 0.808. The average molecular weight is 359 g/mol. The monoisotopic (exact) mass is 359 g/mol. The lowest BCUT2D eigenvalue weighted by molar-refractivity contribution is -0.102. The van der Waals surface area contributed by atoms with E-state index in [0.717, 1.165) is 12.8 Å². The lowest BCUT2D eigenvalue weighted by atomic mass is 9.80. The van der Waals surface area contributed by atoms with Gasteiger partial charge in [-0.1, -0.05) is 0 Å². The largest absolute Gasteiger partial charge is 0.372 e. The molecule has 1 aromatic rings. The fourth-order valence-electron chi connectivity index (χ4n) is 3.25. The Labute approximate surface area is 140 Å². The number of thiazole rings is 1. The zero-order chi connectivity index (χ0) is 16.5. The average Bonchev–Trinajstić information content (AvgIpc) is 3.15. The fraction of sp³-hybridized carbons (Fsp3) is 0.714. The van der Waals surface area contributed by atoms with Crippen molar-refractivity contribution in [2.45, 2.75) is 25.4 Å². The maximum Gasteiger partial charge on any atom is 0.270 e. The number of sulfonamides is 1. The van der Waals surface area contributed by atoms with Gasteiger partial charge in [0, 0.05) is 31.6 Å². The molecule has 9 heteroatoms. The van der Waals surface area contributed by atoms with Gasteiger partial charge in [0.25, 0.3) is 5.91 Å². The van der Waals surface area contributed by atoms with E-state index in [-0.39, 0.29) is 23.2 Å². The predicted octanol–water partition coefficient (Wildman–Crippen LogP) is 0.704. The van der Waals surface area contributed by atoms with Crippen molar-refractivity contribution in [3.05, 3.63) is 16.6 Å². The molecule has 3 rings (SSSR count). The lowest BCUT2D eigenvalue weighted by Crippen LogP contribution is -2.66. The first-order valence-electron chi connectivity index (χ1n) is 7.75. The zero-order valence-corrected chi connectivity index (χ0v) is 14.7. The van der Waals surface area contributed by atoms with Gasteiger partial charge in [-0.25, -0.2) is 13.4 Å². The summed E-state index contributed by atoms with van der Waals surface area (Å²) in [5.41, 5.74) is 1.72. The summed E-state index contributed by atoms with van der Waals surface area (Å²) in [5, 5.41) is 4.59. The van der Waals surface area contributed by atoms with E-state index in [2.05, 4.69) is 10.3 Å². The first-order chi connectivity index (χ1) is 11.0. The Bertz CT molecular complexity index is 654. The molecule has 0 aromatic carbocycles. The molecule has 1 unspecified atom stereocenters. The van der Waals surface area contributed by atoms with Crippen LogP contribution in [0.1, 0.15) is 30.3 Å². The highest BCUT2D eigenvalue weighted by molar-refractivity contribution is 7.89. The molecule has 7 nitrogen and oxygen atoms in total. The van der Waals surface area contributed by atoms with Crippen LogP contribution >= 0.6 is 11.3 Å². The molecule has 2 fully saturated rings. The van der Waals surface area contributed by atoms with Crippen LogP contribution in [0.3, 0.4) is 0 Å². The van der Waals surface area contributed by atoms with Crippen molar-refractivity contribution < 1.29 is 17.9 Å². The minimum atomic E-state index is -3.14. The van der Waals surface area contributed by atoms with Gasteiger partial charge in [-0.05, 0) is 25.7 Å². The molecule has 0 radical (unpaired) electrons. The molecular weight excluding hydrogens is 338 g/mol. The SMILES string of the molecule is CCS(=O)(=O)N1CC2(C1)OCCC2CCNC(=O)c1cscn1. The summed E-state index contributed by atoms with van der Waals surface area (Å²) in [7, 11) is -3.14. The molecule has 2 aliphatic heterocycles. The summed E-state index contributed by atoms with van der Waals surface area (Å²) < 4.78 is 31.1. The van der Waals surface area contributed by atoms with Crippen LogP contribution in [0.5, 0.6) is 0 Å². The van der Waals surface area contributed by atoms with Gasteiger partial charge < -0.3 is 10.1 Å². The first-order valence-corrected chi connectivity index (χ1v) is 10.3. The third kappa shape index (κ3) is 3.28. The van der Waals surface area contributed by atoms with Crippen LogP contribution in [0, 0.1) is 5.92 Å². The van der Waals surface area contributed by atoms with E-state index in [1.54, 1.807) is 17.8 Å². The van der Waals surface area contributed by atoms with Gasteiger partial charge in [-0.2, -0.15) is 4.31 Å². The van der Waals surface area contributed by atoms with Crippen molar-refractivity contribution in [3.63, 3.8) is 0 Å². The Morgan fingerprint density at radius 2 is 2.35 bits per heavy atom. The maximum atomic E-state index is 11.9. The molecule has 0 aliphatic carbocycles. The topological polar surface area (TPSA) is 88.6 Å². The third-order valence-corrected chi connectivity index (χ3v) is 7.05. The standard InChI is InChI=1S/C14H21N3O4S2/c1-2-23(19,20)17-8-14(9-17)11(4-6-21-14)3-5-15-13(18)12-7-22-10-16-12/h7,10-11H,2-6,8-9H2,1H3,(H,15,18). The van der Waals surface area contributed by atoms with E-state index < -0.39 is 10.0 Å². The third-order valence-electron chi connectivity index (χ3n) is 4.69. The summed E-state index contributed by atoms with van der Waals surface area (Å²) in [6, 6.07) is 0. The van der Waals surface area contributed by atoms with Crippen LogP contribution in [0.25, 0.3) is 0 Å². The van der Waals surface area contributed by atoms with Gasteiger partial charge >= 0.3 is 0 Å². The van der Waals surface area contributed by atoms with E-state index in [9.17, 15) is 13.2 Å². The summed E-state index contributed by atoms with van der Waals surface area (Å²) in [6.07, 6.45) is 1.70. The minimum Gasteiger partial charge on any atom is -0.372 e. The molecule has 0 saturated carbocycles. The number of hydrogen-bond donors (Lipinski definition) is 1. The number of aromatic nitrogens is 1. The molecule has 2 saturated heterocycles. The van der Waals surface area contributed by atoms with Crippen LogP contribution in [0.4, 0.5) is 0 Å². The molecule has 0 bridgehead atoms. The van der Waals surface area contributed by atoms with Crippen molar-refractivity contribution in [3.8, 4) is 0 Å². The van der Waals surface area contributed by atoms with Gasteiger partial charge in [0.05, 0.1) is 16.9 Å². The predicted molar refractivity (Wildman–Crippen MR) is 86.9 cm³/mol. The Kier molecular flexibility index (Phi) is 4.73. The Hall–Kier alpha value is -1.03. The maximum absolute atomic E-state index is 11.9. The molecule has 1 N–H and O–H groups in total. The number of nitrogens with one attached hydrogen (secondary N) is 1. The highest BCUT2D eigenvalue weighted by atomic mass is 32.2. The van der Waals surface area contributed by atoms with E-state index in [4.69, 9.17) is 4.74 Å². The van der Waals surface area contributed by atoms with Crippen molar-refractivity contribution >= 4 is 27.3 Å². The second-order valence-corrected chi connectivity index (χ2v) is 8.96. The minimum absolute atomic E-state index is 0.122. The zero-order valence-electron chi connectivity index (χ0n) is 13.0. The molecule has 23 heavy (non-hydrogen) atoms. The molecule has 1 amide bonds. The Morgan fingerprint density at radius 1 is 1.57 bits per heavy atom. The van der Waals surface area contributed by atoms with Crippen molar-refractivity contribution in [2.24, 2.45) is 5.92 Å². The van der Waals surface area contributed by atoms with Gasteiger partial charge in [-0.15, -0.1) is 11.3 Å². The second kappa shape index (κ2) is 6.46. The van der Waals surface area contributed by atoms with Gasteiger partial charge in [0.2, 0.25) is 10.0 Å². The van der Waals surface area contributed by atoms with Crippen molar-refractivity contribution in [2.75, 3.05) is 32.0 Å². The van der Waals surface area contributed by atoms with E-state index in [1.165, 1.54) is 15.6 Å². The van der Waals surface area contributed by atoms with Crippen LogP contribution in [-0.2, 0) is 14.8 Å². The number of carbonyl (C=O) groups excluding carboxylic acids is 1. The summed E-state index contributed by atoms with van der Waals surface area (Å²) in [5.74, 6) is 0.238. The second-order valence-electron chi connectivity index (χ2n) is 5.99. The fourth-order valence-corrected chi connectivity index (χ4v) is 4.98. The summed E-state index contributed by atoms with van der Waals surface area (Å²) in [4.78, 5) is 15.8.